The van der Waals surface area contributed by atoms with E-state index in [1.54, 1.807) is 6.92 Å². The van der Waals surface area contributed by atoms with E-state index in [0.29, 0.717) is 5.75 Å². The molecule has 0 heterocycles. The topological polar surface area (TPSA) is 49.3 Å². The lowest BCUT2D eigenvalue weighted by Crippen LogP contribution is -2.20. The van der Waals surface area contributed by atoms with Crippen LogP contribution in [0.5, 0.6) is 0 Å². The molecule has 1 aromatic carbocycles. The molecule has 0 saturated heterocycles. The molecule has 0 aliphatic rings. The third kappa shape index (κ3) is 5.10. The van der Waals surface area contributed by atoms with Crippen LogP contribution in [0.15, 0.2) is 24.3 Å². The number of carbonyl (C=O) groups excluding carboxylic acids is 1. The Labute approximate surface area is 113 Å². The van der Waals surface area contributed by atoms with Crippen LogP contribution in [0.25, 0.3) is 0 Å². The minimum atomic E-state index is -0.397. The van der Waals surface area contributed by atoms with Crippen molar-refractivity contribution in [3.63, 3.8) is 0 Å². The Balaban J connectivity index is 2.44. The Kier molecular flexibility index (Phi) is 6.22. The first-order valence-corrected chi connectivity index (χ1v) is 7.26. The van der Waals surface area contributed by atoms with Gasteiger partial charge in [-0.3, -0.25) is 4.79 Å². The maximum absolute atomic E-state index is 11.7. The number of carbonyl (C=O) groups is 1. The number of benzene rings is 1. The zero-order valence-electron chi connectivity index (χ0n) is 11.1. The molecule has 0 aliphatic heterocycles. The van der Waals surface area contributed by atoms with Gasteiger partial charge in [0, 0.05) is 10.9 Å². The largest absolute Gasteiger partial charge is 0.392 e. The van der Waals surface area contributed by atoms with Crippen molar-refractivity contribution in [1.82, 2.24) is 0 Å². The Morgan fingerprint density at radius 2 is 2.17 bits per heavy atom. The molecular formula is C14H21NO2S. The van der Waals surface area contributed by atoms with Crippen LogP contribution in [0.2, 0.25) is 0 Å². The first kappa shape index (κ1) is 15.1. The molecule has 1 rings (SSSR count). The predicted octanol–water partition coefficient (Wildman–Crippen LogP) is 2.69. The van der Waals surface area contributed by atoms with Gasteiger partial charge in [-0.05, 0) is 31.0 Å². The second kappa shape index (κ2) is 7.44. The lowest BCUT2D eigenvalue weighted by Gasteiger charge is -2.13. The van der Waals surface area contributed by atoms with Crippen molar-refractivity contribution in [3.8, 4) is 0 Å². The summed E-state index contributed by atoms with van der Waals surface area (Å²) >= 11 is 1.46. The summed E-state index contributed by atoms with van der Waals surface area (Å²) in [6.45, 7) is 5.74. The van der Waals surface area contributed by atoms with E-state index in [1.165, 1.54) is 17.3 Å². The normalized spacial score (nSPS) is 14.0. The van der Waals surface area contributed by atoms with Gasteiger partial charge in [-0.1, -0.05) is 26.0 Å². The summed E-state index contributed by atoms with van der Waals surface area (Å²) in [4.78, 5) is 11.7. The number of rotatable bonds is 6. The molecule has 2 atom stereocenters. The predicted molar refractivity (Wildman–Crippen MR) is 78.1 cm³/mol. The fourth-order valence-corrected chi connectivity index (χ4v) is 2.18. The van der Waals surface area contributed by atoms with Crippen LogP contribution < -0.4 is 5.32 Å². The molecule has 0 aliphatic carbocycles. The number of hydrogen-bond acceptors (Lipinski definition) is 3. The van der Waals surface area contributed by atoms with E-state index in [-0.39, 0.29) is 11.2 Å². The molecule has 100 valence electrons. The number of aliphatic hydroxyl groups excluding tert-OH is 1. The molecule has 2 N–H and O–H groups in total. The van der Waals surface area contributed by atoms with E-state index in [2.05, 4.69) is 12.2 Å². The van der Waals surface area contributed by atoms with Gasteiger partial charge in [-0.25, -0.2) is 0 Å². The highest BCUT2D eigenvalue weighted by Gasteiger charge is 2.11. The second-order valence-corrected chi connectivity index (χ2v) is 5.72. The van der Waals surface area contributed by atoms with E-state index in [1.807, 2.05) is 31.2 Å². The molecule has 4 heteroatoms. The first-order chi connectivity index (χ1) is 8.52. The summed E-state index contributed by atoms with van der Waals surface area (Å²) in [5.41, 5.74) is 2.04. The van der Waals surface area contributed by atoms with Gasteiger partial charge in [0.05, 0.1) is 11.9 Å². The summed E-state index contributed by atoms with van der Waals surface area (Å²) in [5.74, 6) is 0.336. The van der Waals surface area contributed by atoms with E-state index in [9.17, 15) is 9.90 Å². The Bertz CT molecular complexity index is 393. The van der Waals surface area contributed by atoms with Crippen molar-refractivity contribution in [2.24, 2.45) is 0 Å². The van der Waals surface area contributed by atoms with Gasteiger partial charge in [0.15, 0.2) is 0 Å². The van der Waals surface area contributed by atoms with Gasteiger partial charge in [0.25, 0.3) is 0 Å². The van der Waals surface area contributed by atoms with E-state index < -0.39 is 6.10 Å². The van der Waals surface area contributed by atoms with Crippen LogP contribution in [0.4, 0.5) is 5.69 Å². The summed E-state index contributed by atoms with van der Waals surface area (Å²) in [6.07, 6.45) is 0.559. The third-order valence-electron chi connectivity index (χ3n) is 2.78. The number of aliphatic hydroxyl groups is 1. The van der Waals surface area contributed by atoms with Crippen molar-refractivity contribution in [1.29, 1.82) is 0 Å². The van der Waals surface area contributed by atoms with Crippen molar-refractivity contribution in [2.45, 2.75) is 38.5 Å². The lowest BCUT2D eigenvalue weighted by atomic mass is 10.1. The van der Waals surface area contributed by atoms with E-state index >= 15 is 0 Å². The van der Waals surface area contributed by atoms with E-state index in [0.717, 1.165) is 12.1 Å². The highest BCUT2D eigenvalue weighted by atomic mass is 32.2. The average Bonchev–Trinajstić information content (AvgIpc) is 2.36. The number of aryl methyl sites for hydroxylation is 1. The van der Waals surface area contributed by atoms with Crippen molar-refractivity contribution in [2.75, 3.05) is 11.1 Å². The van der Waals surface area contributed by atoms with Gasteiger partial charge in [-0.2, -0.15) is 0 Å². The van der Waals surface area contributed by atoms with Crippen LogP contribution in [-0.2, 0) is 11.2 Å². The van der Waals surface area contributed by atoms with Crippen molar-refractivity contribution < 1.29 is 9.90 Å². The van der Waals surface area contributed by atoms with Crippen LogP contribution in [0, 0.1) is 0 Å². The Hall–Kier alpha value is -1.00. The van der Waals surface area contributed by atoms with Gasteiger partial charge < -0.3 is 10.4 Å². The highest BCUT2D eigenvalue weighted by Crippen LogP contribution is 2.15. The summed E-state index contributed by atoms with van der Waals surface area (Å²) in [5, 5.41) is 12.3. The van der Waals surface area contributed by atoms with Crippen LogP contribution >= 0.6 is 11.8 Å². The SMILES string of the molecule is CCc1cccc(NC(=O)CSC(C)C(C)O)c1. The highest BCUT2D eigenvalue weighted by molar-refractivity contribution is 8.00. The van der Waals surface area contributed by atoms with Crippen LogP contribution in [0.1, 0.15) is 26.3 Å². The number of thioether (sulfide) groups is 1. The van der Waals surface area contributed by atoms with Crippen LogP contribution in [-0.4, -0.2) is 28.1 Å². The summed E-state index contributed by atoms with van der Waals surface area (Å²) < 4.78 is 0. The van der Waals surface area contributed by atoms with Gasteiger partial charge in [0.2, 0.25) is 5.91 Å². The second-order valence-electron chi connectivity index (χ2n) is 4.36. The minimum absolute atomic E-state index is 0.0271. The fourth-order valence-electron chi connectivity index (χ4n) is 1.41. The first-order valence-electron chi connectivity index (χ1n) is 6.21. The maximum atomic E-state index is 11.7. The molecule has 18 heavy (non-hydrogen) atoms. The zero-order chi connectivity index (χ0) is 13.5. The number of amides is 1. The summed E-state index contributed by atoms with van der Waals surface area (Å²) in [6, 6.07) is 7.86. The number of hydrogen-bond donors (Lipinski definition) is 2. The van der Waals surface area contributed by atoms with Crippen molar-refractivity contribution in [3.05, 3.63) is 29.8 Å². The molecule has 3 nitrogen and oxygen atoms in total. The van der Waals surface area contributed by atoms with Gasteiger partial charge >= 0.3 is 0 Å². The summed E-state index contributed by atoms with van der Waals surface area (Å²) in [7, 11) is 0. The average molecular weight is 267 g/mol. The number of anilines is 1. The van der Waals surface area contributed by atoms with Crippen LogP contribution in [0.3, 0.4) is 0 Å². The molecule has 0 saturated carbocycles. The fraction of sp³-hybridized carbons (Fsp3) is 0.500. The monoisotopic (exact) mass is 267 g/mol. The quantitative estimate of drug-likeness (QED) is 0.833. The molecule has 0 fully saturated rings. The van der Waals surface area contributed by atoms with Gasteiger partial charge in [-0.15, -0.1) is 11.8 Å². The smallest absolute Gasteiger partial charge is 0.234 e. The standard InChI is InChI=1S/C14H21NO2S/c1-4-12-6-5-7-13(8-12)15-14(17)9-18-11(3)10(2)16/h5-8,10-11,16H,4,9H2,1-3H3,(H,15,17). The molecule has 2 unspecified atom stereocenters. The van der Waals surface area contributed by atoms with Crippen molar-refractivity contribution >= 4 is 23.4 Å². The lowest BCUT2D eigenvalue weighted by molar-refractivity contribution is -0.113. The molecule has 1 amide bonds. The minimum Gasteiger partial charge on any atom is -0.392 e. The Morgan fingerprint density at radius 1 is 1.44 bits per heavy atom. The molecule has 0 spiro atoms. The van der Waals surface area contributed by atoms with Gasteiger partial charge in [0.1, 0.15) is 0 Å². The third-order valence-corrected chi connectivity index (χ3v) is 4.12. The molecular weight excluding hydrogens is 246 g/mol. The number of nitrogens with one attached hydrogen (secondary N) is 1. The molecule has 0 aromatic heterocycles. The molecule has 0 bridgehead atoms. The Morgan fingerprint density at radius 3 is 2.78 bits per heavy atom. The molecule has 0 radical (unpaired) electrons. The zero-order valence-corrected chi connectivity index (χ0v) is 12.0. The van der Waals surface area contributed by atoms with E-state index in [4.69, 9.17) is 0 Å². The molecule has 1 aromatic rings. The maximum Gasteiger partial charge on any atom is 0.234 e.